The van der Waals surface area contributed by atoms with Crippen LogP contribution >= 0.6 is 15.9 Å². The largest absolute Gasteiger partial charge is 0.503 e. The fourth-order valence-electron chi connectivity index (χ4n) is 1.55. The number of nitriles is 1. The number of ketones is 1. The second-order valence-electron chi connectivity index (χ2n) is 5.30. The van der Waals surface area contributed by atoms with Gasteiger partial charge in [0.1, 0.15) is 6.07 Å². The van der Waals surface area contributed by atoms with Crippen LogP contribution in [0.4, 0.5) is 0 Å². The third kappa shape index (κ3) is 3.61. The zero-order chi connectivity index (χ0) is 15.5. The summed E-state index contributed by atoms with van der Waals surface area (Å²) in [6.45, 7) is 5.27. The molecule has 0 aromatic heterocycles. The molecular weight excluding hydrogens is 322 g/mol. The molecule has 0 fully saturated rings. The fourth-order valence-corrected chi connectivity index (χ4v) is 2.01. The number of phenols is 1. The predicted molar refractivity (Wildman–Crippen MR) is 80.4 cm³/mol. The number of hydrogen-bond donors (Lipinski definition) is 1. The molecule has 1 aromatic rings. The molecule has 5 heteroatoms. The molecule has 1 aromatic carbocycles. The van der Waals surface area contributed by atoms with Crippen LogP contribution < -0.4 is 4.74 Å². The number of ether oxygens (including phenoxy) is 1. The van der Waals surface area contributed by atoms with Crippen LogP contribution in [0.5, 0.6) is 11.5 Å². The number of carbonyl (C=O) groups is 1. The smallest absolute Gasteiger partial charge is 0.178 e. The van der Waals surface area contributed by atoms with Gasteiger partial charge >= 0.3 is 0 Å². The van der Waals surface area contributed by atoms with Gasteiger partial charge in [0, 0.05) is 5.41 Å². The quantitative estimate of drug-likeness (QED) is 0.674. The third-order valence-electron chi connectivity index (χ3n) is 2.63. The van der Waals surface area contributed by atoms with Crippen molar-refractivity contribution in [2.24, 2.45) is 5.41 Å². The normalized spacial score (nSPS) is 11.9. The van der Waals surface area contributed by atoms with Crippen molar-refractivity contribution >= 4 is 27.8 Å². The van der Waals surface area contributed by atoms with Crippen LogP contribution in [0.1, 0.15) is 26.3 Å². The zero-order valence-electron chi connectivity index (χ0n) is 11.8. The number of aromatic hydroxyl groups is 1. The number of phenolic OH excluding ortho intramolecular Hbond substituents is 1. The van der Waals surface area contributed by atoms with Crippen molar-refractivity contribution in [2.75, 3.05) is 7.11 Å². The molecule has 0 atom stereocenters. The highest BCUT2D eigenvalue weighted by Gasteiger charge is 2.25. The molecule has 0 bridgehead atoms. The lowest BCUT2D eigenvalue weighted by molar-refractivity contribution is -0.121. The van der Waals surface area contributed by atoms with Gasteiger partial charge in [-0.1, -0.05) is 20.8 Å². The summed E-state index contributed by atoms with van der Waals surface area (Å²) in [6.07, 6.45) is 1.49. The Morgan fingerprint density at radius 1 is 1.45 bits per heavy atom. The molecule has 0 spiro atoms. The van der Waals surface area contributed by atoms with E-state index in [4.69, 9.17) is 10.00 Å². The number of Topliss-reactive ketones (excluding diaryl/α,β-unsaturated/α-hetero) is 1. The van der Waals surface area contributed by atoms with Gasteiger partial charge in [-0.15, -0.1) is 0 Å². The van der Waals surface area contributed by atoms with Crippen molar-refractivity contribution in [3.8, 4) is 17.6 Å². The van der Waals surface area contributed by atoms with E-state index in [1.165, 1.54) is 13.2 Å². The molecule has 0 radical (unpaired) electrons. The van der Waals surface area contributed by atoms with Gasteiger partial charge in [0.15, 0.2) is 17.3 Å². The van der Waals surface area contributed by atoms with E-state index in [1.807, 2.05) is 6.07 Å². The van der Waals surface area contributed by atoms with Crippen LogP contribution in [-0.4, -0.2) is 18.0 Å². The van der Waals surface area contributed by atoms with Gasteiger partial charge in [0.05, 0.1) is 17.2 Å². The maximum atomic E-state index is 12.1. The van der Waals surface area contributed by atoms with Gasteiger partial charge in [-0.2, -0.15) is 5.26 Å². The SMILES string of the molecule is COc1cc(/C=C(\C#N)C(=O)C(C)(C)C)cc(Br)c1O. The van der Waals surface area contributed by atoms with Gasteiger partial charge in [0.25, 0.3) is 0 Å². The molecule has 1 N–H and O–H groups in total. The standard InChI is InChI=1S/C15H16BrNO3/c1-15(2,3)14(19)10(8-17)5-9-6-11(16)13(18)12(7-9)20-4/h5-7,18H,1-4H3/b10-5+. The van der Waals surface area contributed by atoms with Gasteiger partial charge in [0.2, 0.25) is 0 Å². The van der Waals surface area contributed by atoms with Crippen LogP contribution in [0.15, 0.2) is 22.2 Å². The summed E-state index contributed by atoms with van der Waals surface area (Å²) < 4.78 is 5.47. The minimum Gasteiger partial charge on any atom is -0.503 e. The molecule has 0 heterocycles. The third-order valence-corrected chi connectivity index (χ3v) is 3.23. The van der Waals surface area contributed by atoms with E-state index >= 15 is 0 Å². The Morgan fingerprint density at radius 2 is 2.05 bits per heavy atom. The molecule has 0 aliphatic rings. The second-order valence-corrected chi connectivity index (χ2v) is 6.16. The second kappa shape index (κ2) is 6.10. The Bertz CT molecular complexity index is 607. The molecule has 0 saturated carbocycles. The number of benzene rings is 1. The van der Waals surface area contributed by atoms with Crippen LogP contribution in [0.2, 0.25) is 0 Å². The summed E-state index contributed by atoms with van der Waals surface area (Å²) in [5, 5.41) is 18.9. The highest BCUT2D eigenvalue weighted by atomic mass is 79.9. The molecule has 1 rings (SSSR count). The van der Waals surface area contributed by atoms with Gasteiger partial charge in [-0.3, -0.25) is 4.79 Å². The summed E-state index contributed by atoms with van der Waals surface area (Å²) in [6, 6.07) is 5.10. The highest BCUT2D eigenvalue weighted by molar-refractivity contribution is 9.10. The number of nitrogens with zero attached hydrogens (tertiary/aromatic N) is 1. The van der Waals surface area contributed by atoms with Crippen molar-refractivity contribution in [3.63, 3.8) is 0 Å². The van der Waals surface area contributed by atoms with E-state index in [0.717, 1.165) is 0 Å². The molecule has 4 nitrogen and oxygen atoms in total. The molecule has 0 aliphatic heterocycles. The molecule has 106 valence electrons. The molecule has 0 saturated heterocycles. The average molecular weight is 338 g/mol. The number of carbonyl (C=O) groups excluding carboxylic acids is 1. The fraction of sp³-hybridized carbons (Fsp3) is 0.333. The van der Waals surface area contributed by atoms with Gasteiger partial charge in [-0.25, -0.2) is 0 Å². The topological polar surface area (TPSA) is 70.3 Å². The maximum absolute atomic E-state index is 12.1. The van der Waals surface area contributed by atoms with E-state index in [2.05, 4.69) is 15.9 Å². The summed E-state index contributed by atoms with van der Waals surface area (Å²) in [5.74, 6) is 0.0135. The number of methoxy groups -OCH3 is 1. The summed E-state index contributed by atoms with van der Waals surface area (Å²) in [5.41, 5.74) is 0.0394. The minimum absolute atomic E-state index is 0.0229. The first-order valence-corrected chi connectivity index (χ1v) is 6.73. The molecule has 20 heavy (non-hydrogen) atoms. The maximum Gasteiger partial charge on any atom is 0.178 e. The van der Waals surface area contributed by atoms with Crippen molar-refractivity contribution in [1.29, 1.82) is 5.26 Å². The first-order chi connectivity index (χ1) is 9.20. The van der Waals surface area contributed by atoms with E-state index in [0.29, 0.717) is 10.0 Å². The highest BCUT2D eigenvalue weighted by Crippen LogP contribution is 2.36. The van der Waals surface area contributed by atoms with Gasteiger partial charge < -0.3 is 9.84 Å². The Labute approximate surface area is 126 Å². The predicted octanol–water partition coefficient (Wildman–Crippen LogP) is 3.69. The molecule has 0 amide bonds. The molecule has 0 unspecified atom stereocenters. The Hall–Kier alpha value is -1.80. The van der Waals surface area contributed by atoms with Crippen molar-refractivity contribution < 1.29 is 14.6 Å². The Balaban J connectivity index is 3.32. The number of halogens is 1. The first kappa shape index (κ1) is 16.3. The minimum atomic E-state index is -0.625. The van der Waals surface area contributed by atoms with Crippen LogP contribution in [0, 0.1) is 16.7 Å². The number of allylic oxidation sites excluding steroid dienone is 1. The lowest BCUT2D eigenvalue weighted by Gasteiger charge is -2.15. The van der Waals surface area contributed by atoms with Crippen molar-refractivity contribution in [3.05, 3.63) is 27.7 Å². The summed E-state index contributed by atoms with van der Waals surface area (Å²) >= 11 is 3.20. The van der Waals surface area contributed by atoms with Crippen LogP contribution in [0.3, 0.4) is 0 Å². The summed E-state index contributed by atoms with van der Waals surface area (Å²) in [7, 11) is 1.43. The Kier molecular flexibility index (Phi) is 4.96. The molecule has 0 aliphatic carbocycles. The van der Waals surface area contributed by atoms with Crippen LogP contribution in [0.25, 0.3) is 6.08 Å². The zero-order valence-corrected chi connectivity index (χ0v) is 13.4. The number of hydrogen-bond acceptors (Lipinski definition) is 4. The van der Waals surface area contributed by atoms with E-state index in [-0.39, 0.29) is 22.9 Å². The number of rotatable bonds is 3. The summed E-state index contributed by atoms with van der Waals surface area (Å²) in [4.78, 5) is 12.1. The lowest BCUT2D eigenvalue weighted by Crippen LogP contribution is -2.21. The average Bonchev–Trinajstić information content (AvgIpc) is 2.37. The van der Waals surface area contributed by atoms with Crippen molar-refractivity contribution in [2.45, 2.75) is 20.8 Å². The first-order valence-electron chi connectivity index (χ1n) is 5.93. The van der Waals surface area contributed by atoms with E-state index in [9.17, 15) is 9.90 Å². The van der Waals surface area contributed by atoms with Crippen molar-refractivity contribution in [1.82, 2.24) is 0 Å². The van der Waals surface area contributed by atoms with Crippen LogP contribution in [-0.2, 0) is 4.79 Å². The van der Waals surface area contributed by atoms with E-state index < -0.39 is 5.41 Å². The van der Waals surface area contributed by atoms with Gasteiger partial charge in [-0.05, 0) is 39.7 Å². The monoisotopic (exact) mass is 337 g/mol. The van der Waals surface area contributed by atoms with E-state index in [1.54, 1.807) is 32.9 Å². The Morgan fingerprint density at radius 3 is 2.50 bits per heavy atom. The lowest BCUT2D eigenvalue weighted by atomic mass is 9.86. The molecular formula is C15H16BrNO3.